The molecule has 0 radical (unpaired) electrons. The minimum Gasteiger partial charge on any atom is -0.330 e. The van der Waals surface area contributed by atoms with E-state index in [9.17, 15) is 0 Å². The molecule has 0 fully saturated rings. The molecule has 0 bridgehead atoms. The highest BCUT2D eigenvalue weighted by molar-refractivity contribution is 4.96. The summed E-state index contributed by atoms with van der Waals surface area (Å²) in [5, 5.41) is 14.1. The lowest BCUT2D eigenvalue weighted by Gasteiger charge is -2.50. The van der Waals surface area contributed by atoms with Gasteiger partial charge in [-0.3, -0.25) is 4.90 Å². The molecule has 0 aromatic heterocycles. The van der Waals surface area contributed by atoms with Crippen molar-refractivity contribution in [2.75, 3.05) is 85.1 Å². The number of allylic oxidation sites excluding steroid dienone is 4. The fourth-order valence-corrected chi connectivity index (χ4v) is 8.87. The second kappa shape index (κ2) is 57.1. The number of nitrogens with zero attached hydrogens (tertiary/aromatic N) is 1. The van der Waals surface area contributed by atoms with Gasteiger partial charge in [0.2, 0.25) is 0 Å². The lowest BCUT2D eigenvalue weighted by atomic mass is 9.73. The first-order valence-electron chi connectivity index (χ1n) is 30.2. The molecule has 0 aromatic carbocycles. The third-order valence-electron chi connectivity index (χ3n) is 14.5. The van der Waals surface area contributed by atoms with Crippen LogP contribution >= 0.6 is 0 Å². The maximum atomic E-state index is 5.62. The molecule has 8 heteroatoms. The van der Waals surface area contributed by atoms with Crippen molar-refractivity contribution < 1.29 is 0 Å². The summed E-state index contributed by atoms with van der Waals surface area (Å²) in [6, 6.07) is 0. The lowest BCUT2D eigenvalue weighted by Crippen LogP contribution is -2.57. The second-order valence-electron chi connectivity index (χ2n) is 21.6. The van der Waals surface area contributed by atoms with E-state index in [2.05, 4.69) is 92.0 Å². The number of nitrogens with one attached hydrogen (secondary N) is 4. The van der Waals surface area contributed by atoms with Crippen LogP contribution in [-0.4, -0.2) is 95.5 Å². The van der Waals surface area contributed by atoms with Crippen LogP contribution in [0.3, 0.4) is 0 Å². The molecule has 8 nitrogen and oxygen atoms in total. The first-order chi connectivity index (χ1) is 33.2. The van der Waals surface area contributed by atoms with E-state index < -0.39 is 0 Å². The summed E-state index contributed by atoms with van der Waals surface area (Å²) in [5.74, 6) is 0. The van der Waals surface area contributed by atoms with Crippen LogP contribution in [0.4, 0.5) is 0 Å². The minimum absolute atomic E-state index is 0.160. The van der Waals surface area contributed by atoms with Gasteiger partial charge < -0.3 is 38.5 Å². The van der Waals surface area contributed by atoms with E-state index in [1.165, 1.54) is 219 Å². The largest absolute Gasteiger partial charge is 0.330 e. The van der Waals surface area contributed by atoms with Gasteiger partial charge in [-0.2, -0.15) is 0 Å². The van der Waals surface area contributed by atoms with Gasteiger partial charge in [0.25, 0.3) is 0 Å². The van der Waals surface area contributed by atoms with E-state index in [1.54, 1.807) is 0 Å². The molecule has 0 spiro atoms. The molecule has 0 rings (SSSR count). The summed E-state index contributed by atoms with van der Waals surface area (Å²) in [4.78, 5) is 2.89. The van der Waals surface area contributed by atoms with E-state index in [0.29, 0.717) is 0 Å². The standard InChI is InChI=1S/C50H102N4.C10H26N4/c1-7-9-11-13-15-17-19-21-23-25-27-29-31-33-35-39-46-54(50(5,6)49(3,4)48-53-44-38-37-43-52-45-41-42-51)47-40-36-34-32-30-28-26-24-22-20-18-16-14-12-10-8-2;11-5-3-9-13-7-1-2-8-14-10-4-6-12/h21-24,52-53H,7-20,25-48,51H2,1-6H3;13-14H,1-12H2/b23-21-,24-22-;. The maximum Gasteiger partial charge on any atom is 0.0216 e. The minimum atomic E-state index is 0.160. The van der Waals surface area contributed by atoms with Crippen molar-refractivity contribution in [2.24, 2.45) is 22.6 Å². The fraction of sp³-hybridized carbons (Fsp3) is 0.933. The van der Waals surface area contributed by atoms with Crippen LogP contribution in [0, 0.1) is 5.41 Å². The molecule has 0 aliphatic carbocycles. The molecule has 0 aliphatic rings. The number of hydrogen-bond acceptors (Lipinski definition) is 8. The topological polar surface area (TPSA) is 129 Å². The Labute approximate surface area is 428 Å². The summed E-state index contributed by atoms with van der Waals surface area (Å²) < 4.78 is 0. The van der Waals surface area contributed by atoms with Gasteiger partial charge in [0.1, 0.15) is 0 Å². The summed E-state index contributed by atoms with van der Waals surface area (Å²) >= 11 is 0. The fourth-order valence-electron chi connectivity index (χ4n) is 8.87. The monoisotopic (exact) mass is 961 g/mol. The van der Waals surface area contributed by atoms with E-state index in [0.717, 1.165) is 91.3 Å². The maximum absolute atomic E-state index is 5.62. The molecule has 0 aliphatic heterocycles. The van der Waals surface area contributed by atoms with Crippen LogP contribution in [0.5, 0.6) is 0 Å². The molecule has 0 amide bonds. The number of rotatable bonds is 55. The Morgan fingerprint density at radius 2 is 0.588 bits per heavy atom. The average molecular weight is 962 g/mol. The molecule has 0 unspecified atom stereocenters. The van der Waals surface area contributed by atoms with E-state index >= 15 is 0 Å². The smallest absolute Gasteiger partial charge is 0.0216 e. The van der Waals surface area contributed by atoms with Crippen molar-refractivity contribution in [1.82, 2.24) is 26.2 Å². The van der Waals surface area contributed by atoms with Gasteiger partial charge in [0.15, 0.2) is 0 Å². The first kappa shape index (κ1) is 69.2. The van der Waals surface area contributed by atoms with Gasteiger partial charge in [0.05, 0.1) is 0 Å². The molecule has 0 saturated heterocycles. The van der Waals surface area contributed by atoms with Gasteiger partial charge >= 0.3 is 0 Å². The van der Waals surface area contributed by atoms with Crippen molar-refractivity contribution in [3.63, 3.8) is 0 Å². The first-order valence-corrected chi connectivity index (χ1v) is 30.2. The van der Waals surface area contributed by atoms with Crippen molar-refractivity contribution in [1.29, 1.82) is 0 Å². The Bertz CT molecular complexity index is 931. The Balaban J connectivity index is 0. The van der Waals surface area contributed by atoms with Crippen LogP contribution in [0.2, 0.25) is 0 Å². The van der Waals surface area contributed by atoms with Gasteiger partial charge in [-0.15, -0.1) is 0 Å². The van der Waals surface area contributed by atoms with Crippen LogP contribution in [0.1, 0.15) is 266 Å². The zero-order valence-corrected chi connectivity index (χ0v) is 47.4. The predicted octanol–water partition coefficient (Wildman–Crippen LogP) is 14.1. The van der Waals surface area contributed by atoms with Gasteiger partial charge in [0, 0.05) is 12.1 Å². The Morgan fingerprint density at radius 3 is 0.897 bits per heavy atom. The van der Waals surface area contributed by atoms with E-state index in [4.69, 9.17) is 17.2 Å². The third-order valence-corrected chi connectivity index (χ3v) is 14.5. The Morgan fingerprint density at radius 1 is 0.324 bits per heavy atom. The zero-order valence-electron chi connectivity index (χ0n) is 47.4. The van der Waals surface area contributed by atoms with Gasteiger partial charge in [-0.25, -0.2) is 0 Å². The summed E-state index contributed by atoms with van der Waals surface area (Å²) in [6.45, 7) is 28.2. The lowest BCUT2D eigenvalue weighted by molar-refractivity contribution is 0.00841. The van der Waals surface area contributed by atoms with Crippen molar-refractivity contribution >= 4 is 0 Å². The molecular formula is C60H128N8. The Hall–Kier alpha value is -0.840. The normalized spacial score (nSPS) is 12.3. The number of hydrogen-bond donors (Lipinski definition) is 7. The molecule has 10 N–H and O–H groups in total. The second-order valence-corrected chi connectivity index (χ2v) is 21.6. The molecule has 408 valence electrons. The summed E-state index contributed by atoms with van der Waals surface area (Å²) in [6.07, 6.45) is 56.6. The summed E-state index contributed by atoms with van der Waals surface area (Å²) in [5.41, 5.74) is 16.7. The van der Waals surface area contributed by atoms with Crippen LogP contribution < -0.4 is 38.5 Å². The predicted molar refractivity (Wildman–Crippen MR) is 309 cm³/mol. The quantitative estimate of drug-likeness (QED) is 0.0237. The van der Waals surface area contributed by atoms with Gasteiger partial charge in [-0.05, 0) is 207 Å². The van der Waals surface area contributed by atoms with Crippen LogP contribution in [0.15, 0.2) is 24.3 Å². The molecular weight excluding hydrogens is 833 g/mol. The van der Waals surface area contributed by atoms with Crippen molar-refractivity contribution in [2.45, 2.75) is 272 Å². The average Bonchev–Trinajstić information content (AvgIpc) is 3.33. The molecule has 0 heterocycles. The molecule has 0 atom stereocenters. The highest BCUT2D eigenvalue weighted by Crippen LogP contribution is 2.36. The Kier molecular flexibility index (Phi) is 58.1. The van der Waals surface area contributed by atoms with E-state index in [1.807, 2.05) is 0 Å². The number of nitrogens with two attached hydrogens (primary N) is 3. The van der Waals surface area contributed by atoms with Crippen LogP contribution in [-0.2, 0) is 0 Å². The molecule has 68 heavy (non-hydrogen) atoms. The summed E-state index contributed by atoms with van der Waals surface area (Å²) in [7, 11) is 0. The zero-order chi connectivity index (χ0) is 50.2. The van der Waals surface area contributed by atoms with E-state index in [-0.39, 0.29) is 11.0 Å². The number of unbranched alkanes of at least 4 members (excludes halogenated alkanes) is 26. The van der Waals surface area contributed by atoms with Crippen molar-refractivity contribution in [3.05, 3.63) is 24.3 Å². The highest BCUT2D eigenvalue weighted by Gasteiger charge is 2.40. The highest BCUT2D eigenvalue weighted by atomic mass is 15.2. The van der Waals surface area contributed by atoms with Gasteiger partial charge in [-0.1, -0.05) is 168 Å². The SMILES string of the molecule is CCCCCCCC/C=C\CCCCCCCCN(CCCCCCCC/C=C\CCCCCCCC)C(C)(C)C(C)(C)CNCCCCNCCCN.NCCCNCCCCNCCCN. The van der Waals surface area contributed by atoms with Crippen molar-refractivity contribution in [3.8, 4) is 0 Å². The van der Waals surface area contributed by atoms with Crippen LogP contribution in [0.25, 0.3) is 0 Å². The molecule has 0 aromatic rings. The third kappa shape index (κ3) is 50.1. The molecule has 0 saturated carbocycles.